The highest BCUT2D eigenvalue weighted by Crippen LogP contribution is 2.21. The van der Waals surface area contributed by atoms with Crippen LogP contribution in [-0.2, 0) is 6.42 Å². The second kappa shape index (κ2) is 6.87. The Morgan fingerprint density at radius 2 is 1.78 bits per heavy atom. The highest BCUT2D eigenvalue weighted by molar-refractivity contribution is 5.97. The number of carbonyl (C=O) groups excluding carboxylic acids is 1. The van der Waals surface area contributed by atoms with Gasteiger partial charge in [0.2, 0.25) is 11.8 Å². The summed E-state index contributed by atoms with van der Waals surface area (Å²) in [4.78, 5) is 12.0. The van der Waals surface area contributed by atoms with Gasteiger partial charge in [-0.05, 0) is 24.3 Å². The van der Waals surface area contributed by atoms with E-state index in [1.807, 2.05) is 37.3 Å². The van der Waals surface area contributed by atoms with Crippen molar-refractivity contribution in [2.24, 2.45) is 0 Å². The fraction of sp³-hybridized carbons (Fsp3) is 0.167. The van der Waals surface area contributed by atoms with Gasteiger partial charge in [-0.3, -0.25) is 4.79 Å². The molecule has 1 aromatic heterocycles. The van der Waals surface area contributed by atoms with E-state index in [9.17, 15) is 4.79 Å². The van der Waals surface area contributed by atoms with Gasteiger partial charge in [0.15, 0.2) is 12.4 Å². The van der Waals surface area contributed by atoms with E-state index in [-0.39, 0.29) is 12.4 Å². The zero-order valence-electron chi connectivity index (χ0n) is 12.7. The maximum Gasteiger partial charge on any atom is 0.247 e. The molecule has 0 unspecified atom stereocenters. The average molecular weight is 308 g/mol. The summed E-state index contributed by atoms with van der Waals surface area (Å²) < 4.78 is 11.0. The van der Waals surface area contributed by atoms with Crippen LogP contribution in [-0.4, -0.2) is 22.6 Å². The van der Waals surface area contributed by atoms with Gasteiger partial charge >= 0.3 is 0 Å². The SMILES string of the molecule is CCc1nnc(-c2ccc(OCC(=O)c3ccccc3)cc2)o1. The Hall–Kier alpha value is -2.95. The number of ketones is 1. The molecule has 0 aliphatic rings. The third kappa shape index (κ3) is 3.63. The van der Waals surface area contributed by atoms with E-state index < -0.39 is 0 Å². The van der Waals surface area contributed by atoms with Crippen molar-refractivity contribution in [3.05, 3.63) is 66.1 Å². The first-order chi connectivity index (χ1) is 11.3. The monoisotopic (exact) mass is 308 g/mol. The fourth-order valence-electron chi connectivity index (χ4n) is 2.06. The van der Waals surface area contributed by atoms with E-state index in [0.717, 1.165) is 5.56 Å². The maximum absolute atomic E-state index is 12.0. The summed E-state index contributed by atoms with van der Waals surface area (Å²) in [5.74, 6) is 1.65. The summed E-state index contributed by atoms with van der Waals surface area (Å²) in [6.07, 6.45) is 0.704. The third-order valence-electron chi connectivity index (χ3n) is 3.34. The first-order valence-corrected chi connectivity index (χ1v) is 7.40. The second-order valence-corrected chi connectivity index (χ2v) is 4.96. The molecule has 116 valence electrons. The number of rotatable bonds is 6. The lowest BCUT2D eigenvalue weighted by atomic mass is 10.1. The Bertz CT molecular complexity index is 780. The Labute approximate surface area is 133 Å². The van der Waals surface area contributed by atoms with E-state index in [1.165, 1.54) is 0 Å². The normalized spacial score (nSPS) is 10.5. The standard InChI is InChI=1S/C18H16N2O3/c1-2-17-19-20-18(23-17)14-8-10-15(11-9-14)22-12-16(21)13-6-4-3-5-7-13/h3-11H,2,12H2,1H3. The summed E-state index contributed by atoms with van der Waals surface area (Å²) in [7, 11) is 0. The smallest absolute Gasteiger partial charge is 0.247 e. The molecule has 0 N–H and O–H groups in total. The van der Waals surface area contributed by atoms with Crippen LogP contribution >= 0.6 is 0 Å². The number of carbonyl (C=O) groups is 1. The molecule has 0 aliphatic heterocycles. The van der Waals surface area contributed by atoms with Gasteiger partial charge in [0, 0.05) is 17.5 Å². The third-order valence-corrected chi connectivity index (χ3v) is 3.34. The molecule has 23 heavy (non-hydrogen) atoms. The average Bonchev–Trinajstić information content (AvgIpc) is 3.10. The molecule has 2 aromatic carbocycles. The van der Waals surface area contributed by atoms with Gasteiger partial charge in [0.25, 0.3) is 0 Å². The zero-order chi connectivity index (χ0) is 16.1. The molecule has 0 saturated heterocycles. The topological polar surface area (TPSA) is 65.2 Å². The van der Waals surface area contributed by atoms with Crippen molar-refractivity contribution in [2.45, 2.75) is 13.3 Å². The van der Waals surface area contributed by atoms with Gasteiger partial charge < -0.3 is 9.15 Å². The van der Waals surface area contributed by atoms with Crippen LogP contribution in [0.1, 0.15) is 23.2 Å². The molecule has 3 rings (SSSR count). The zero-order valence-corrected chi connectivity index (χ0v) is 12.7. The predicted octanol–water partition coefficient (Wildman–Crippen LogP) is 3.56. The predicted molar refractivity (Wildman–Crippen MR) is 85.4 cm³/mol. The van der Waals surface area contributed by atoms with Gasteiger partial charge in [-0.25, -0.2) is 0 Å². The summed E-state index contributed by atoms with van der Waals surface area (Å²) >= 11 is 0. The molecule has 0 saturated carbocycles. The molecule has 0 radical (unpaired) electrons. The molecule has 1 heterocycles. The lowest BCUT2D eigenvalue weighted by Crippen LogP contribution is -2.11. The lowest BCUT2D eigenvalue weighted by Gasteiger charge is -2.06. The number of ether oxygens (including phenoxy) is 1. The number of aromatic nitrogens is 2. The number of aryl methyl sites for hydroxylation is 1. The molecule has 5 heteroatoms. The van der Waals surface area contributed by atoms with E-state index >= 15 is 0 Å². The highest BCUT2D eigenvalue weighted by atomic mass is 16.5. The lowest BCUT2D eigenvalue weighted by molar-refractivity contribution is 0.0921. The number of benzene rings is 2. The molecule has 0 atom stereocenters. The van der Waals surface area contributed by atoms with Crippen molar-refractivity contribution in [1.82, 2.24) is 10.2 Å². The summed E-state index contributed by atoms with van der Waals surface area (Å²) in [6, 6.07) is 16.3. The van der Waals surface area contributed by atoms with Gasteiger partial charge in [-0.15, -0.1) is 10.2 Å². The molecule has 5 nitrogen and oxygen atoms in total. The Morgan fingerprint density at radius 1 is 1.04 bits per heavy atom. The highest BCUT2D eigenvalue weighted by Gasteiger charge is 2.09. The van der Waals surface area contributed by atoms with Crippen molar-refractivity contribution in [3.8, 4) is 17.2 Å². The minimum Gasteiger partial charge on any atom is -0.485 e. The van der Waals surface area contributed by atoms with Gasteiger partial charge in [-0.1, -0.05) is 37.3 Å². The maximum atomic E-state index is 12.0. The number of hydrogen-bond donors (Lipinski definition) is 0. The van der Waals surface area contributed by atoms with Crippen LogP contribution in [0.2, 0.25) is 0 Å². The molecule has 0 aliphatic carbocycles. The van der Waals surface area contributed by atoms with Crippen LogP contribution in [0.4, 0.5) is 0 Å². The molecule has 0 amide bonds. The first kappa shape index (κ1) is 15.0. The van der Waals surface area contributed by atoms with Gasteiger partial charge in [0.05, 0.1) is 0 Å². The molecule has 0 bridgehead atoms. The van der Waals surface area contributed by atoms with Crippen molar-refractivity contribution in [2.75, 3.05) is 6.61 Å². The Balaban J connectivity index is 1.62. The van der Waals surface area contributed by atoms with Crippen LogP contribution in [0.15, 0.2) is 59.0 Å². The number of nitrogens with zero attached hydrogens (tertiary/aromatic N) is 2. The van der Waals surface area contributed by atoms with Gasteiger partial charge in [0.1, 0.15) is 5.75 Å². The van der Waals surface area contributed by atoms with Gasteiger partial charge in [-0.2, -0.15) is 0 Å². The van der Waals surface area contributed by atoms with Crippen molar-refractivity contribution in [1.29, 1.82) is 0 Å². The quantitative estimate of drug-likeness (QED) is 0.651. The molecule has 0 fully saturated rings. The minimum atomic E-state index is -0.0563. The molecular weight excluding hydrogens is 292 g/mol. The van der Waals surface area contributed by atoms with E-state index in [2.05, 4.69) is 10.2 Å². The molecular formula is C18H16N2O3. The number of Topliss-reactive ketones (excluding diaryl/α,β-unsaturated/α-hetero) is 1. The van der Waals surface area contributed by atoms with Crippen LogP contribution in [0.5, 0.6) is 5.75 Å². The largest absolute Gasteiger partial charge is 0.485 e. The molecule has 3 aromatic rings. The summed E-state index contributed by atoms with van der Waals surface area (Å²) in [5, 5.41) is 7.92. The van der Waals surface area contributed by atoms with Crippen molar-refractivity contribution < 1.29 is 13.9 Å². The molecule has 0 spiro atoms. The Morgan fingerprint density at radius 3 is 2.43 bits per heavy atom. The summed E-state index contributed by atoms with van der Waals surface area (Å²) in [5.41, 5.74) is 1.46. The van der Waals surface area contributed by atoms with E-state index in [1.54, 1.807) is 24.3 Å². The van der Waals surface area contributed by atoms with Crippen LogP contribution in [0.3, 0.4) is 0 Å². The van der Waals surface area contributed by atoms with Crippen LogP contribution < -0.4 is 4.74 Å². The van der Waals surface area contributed by atoms with Crippen molar-refractivity contribution in [3.63, 3.8) is 0 Å². The van der Waals surface area contributed by atoms with Crippen molar-refractivity contribution >= 4 is 5.78 Å². The fourth-order valence-corrected chi connectivity index (χ4v) is 2.06. The number of hydrogen-bond acceptors (Lipinski definition) is 5. The second-order valence-electron chi connectivity index (χ2n) is 4.96. The van der Waals surface area contributed by atoms with Crippen LogP contribution in [0.25, 0.3) is 11.5 Å². The first-order valence-electron chi connectivity index (χ1n) is 7.40. The minimum absolute atomic E-state index is 0.00387. The van der Waals surface area contributed by atoms with Crippen LogP contribution in [0, 0.1) is 0 Å². The van der Waals surface area contributed by atoms with E-state index in [0.29, 0.717) is 29.5 Å². The Kier molecular flexibility index (Phi) is 4.47. The van der Waals surface area contributed by atoms with E-state index in [4.69, 9.17) is 9.15 Å². The summed E-state index contributed by atoms with van der Waals surface area (Å²) in [6.45, 7) is 1.96.